The predicted molar refractivity (Wildman–Crippen MR) is 62.6 cm³/mol. The predicted octanol–water partition coefficient (Wildman–Crippen LogP) is 1.39. The molecule has 0 spiro atoms. The molecule has 0 bridgehead atoms. The molecule has 2 N–H and O–H groups in total. The summed E-state index contributed by atoms with van der Waals surface area (Å²) < 4.78 is 0. The first-order valence-electron chi connectivity index (χ1n) is 6.13. The van der Waals surface area contributed by atoms with Crippen molar-refractivity contribution in [1.29, 1.82) is 0 Å². The average Bonchev–Trinajstić information content (AvgIpc) is 2.26. The van der Waals surface area contributed by atoms with Crippen molar-refractivity contribution in [2.24, 2.45) is 17.8 Å². The lowest BCUT2D eigenvalue weighted by molar-refractivity contribution is -0.124. The van der Waals surface area contributed by atoms with Crippen LogP contribution in [0.4, 0.5) is 0 Å². The third kappa shape index (κ3) is 3.82. The van der Waals surface area contributed by atoms with Crippen LogP contribution in [-0.4, -0.2) is 25.5 Å². The van der Waals surface area contributed by atoms with Crippen LogP contribution >= 0.6 is 0 Å². The molecule has 3 atom stereocenters. The maximum absolute atomic E-state index is 11.6. The first kappa shape index (κ1) is 12.5. The molecule has 1 heterocycles. The molecular formula is C12H24N2O. The molecule has 1 fully saturated rings. The molecule has 15 heavy (non-hydrogen) atoms. The van der Waals surface area contributed by atoms with E-state index in [0.29, 0.717) is 11.8 Å². The van der Waals surface area contributed by atoms with Crippen molar-refractivity contribution >= 4 is 5.91 Å². The minimum absolute atomic E-state index is 0.155. The molecular weight excluding hydrogens is 188 g/mol. The highest BCUT2D eigenvalue weighted by Crippen LogP contribution is 2.17. The minimum Gasteiger partial charge on any atom is -0.356 e. The number of rotatable bonds is 4. The number of piperidine rings is 1. The molecule has 0 radical (unpaired) electrons. The van der Waals surface area contributed by atoms with E-state index in [1.807, 2.05) is 6.92 Å². The van der Waals surface area contributed by atoms with Gasteiger partial charge in [0, 0.05) is 12.5 Å². The summed E-state index contributed by atoms with van der Waals surface area (Å²) in [6, 6.07) is 0. The second kappa shape index (κ2) is 6.11. The Bertz CT molecular complexity index is 206. The minimum atomic E-state index is 0.155. The Labute approximate surface area is 93.0 Å². The monoisotopic (exact) mass is 212 g/mol. The Kier molecular flexibility index (Phi) is 5.09. The lowest BCUT2D eigenvalue weighted by Crippen LogP contribution is -2.42. The van der Waals surface area contributed by atoms with Gasteiger partial charge in [-0.15, -0.1) is 0 Å². The topological polar surface area (TPSA) is 41.1 Å². The summed E-state index contributed by atoms with van der Waals surface area (Å²) in [4.78, 5) is 11.6. The van der Waals surface area contributed by atoms with E-state index in [4.69, 9.17) is 0 Å². The van der Waals surface area contributed by atoms with E-state index in [1.54, 1.807) is 0 Å². The third-order valence-corrected chi connectivity index (χ3v) is 3.56. The van der Waals surface area contributed by atoms with Crippen molar-refractivity contribution in [1.82, 2.24) is 10.6 Å². The molecule has 3 unspecified atom stereocenters. The standard InChI is InChI=1S/C12H24N2O/c1-4-9(2)12(15)14-8-11-5-6-13-7-10(11)3/h9-11,13H,4-8H2,1-3H3,(H,14,15). The Morgan fingerprint density at radius 3 is 2.93 bits per heavy atom. The molecule has 1 aliphatic rings. The molecule has 3 nitrogen and oxygen atoms in total. The molecule has 3 heteroatoms. The van der Waals surface area contributed by atoms with Crippen LogP contribution in [-0.2, 0) is 4.79 Å². The number of hydrogen-bond donors (Lipinski definition) is 2. The fraction of sp³-hybridized carbons (Fsp3) is 0.917. The second-order valence-corrected chi connectivity index (χ2v) is 4.78. The number of carbonyl (C=O) groups is 1. The van der Waals surface area contributed by atoms with Crippen LogP contribution < -0.4 is 10.6 Å². The van der Waals surface area contributed by atoms with E-state index < -0.39 is 0 Å². The maximum Gasteiger partial charge on any atom is 0.222 e. The van der Waals surface area contributed by atoms with Gasteiger partial charge in [0.25, 0.3) is 0 Å². The van der Waals surface area contributed by atoms with Gasteiger partial charge in [0.15, 0.2) is 0 Å². The van der Waals surface area contributed by atoms with Crippen LogP contribution in [0.2, 0.25) is 0 Å². The van der Waals surface area contributed by atoms with Crippen LogP contribution in [0.15, 0.2) is 0 Å². The number of hydrogen-bond acceptors (Lipinski definition) is 2. The summed E-state index contributed by atoms with van der Waals surface area (Å²) in [5.41, 5.74) is 0. The highest BCUT2D eigenvalue weighted by molar-refractivity contribution is 5.78. The first-order valence-corrected chi connectivity index (χ1v) is 6.13. The fourth-order valence-corrected chi connectivity index (χ4v) is 1.96. The molecule has 0 aliphatic carbocycles. The molecule has 1 amide bonds. The summed E-state index contributed by atoms with van der Waals surface area (Å²) in [5.74, 6) is 1.69. The molecule has 0 aromatic heterocycles. The van der Waals surface area contributed by atoms with E-state index >= 15 is 0 Å². The lowest BCUT2D eigenvalue weighted by atomic mass is 9.88. The smallest absolute Gasteiger partial charge is 0.222 e. The highest BCUT2D eigenvalue weighted by Gasteiger charge is 2.21. The van der Waals surface area contributed by atoms with Crippen molar-refractivity contribution < 1.29 is 4.79 Å². The van der Waals surface area contributed by atoms with Gasteiger partial charge in [0.1, 0.15) is 0 Å². The van der Waals surface area contributed by atoms with Crippen LogP contribution in [0.1, 0.15) is 33.6 Å². The summed E-state index contributed by atoms with van der Waals surface area (Å²) >= 11 is 0. The molecule has 0 saturated carbocycles. The van der Waals surface area contributed by atoms with Gasteiger partial charge in [0.2, 0.25) is 5.91 Å². The number of carbonyl (C=O) groups excluding carboxylic acids is 1. The van der Waals surface area contributed by atoms with E-state index in [2.05, 4.69) is 24.5 Å². The van der Waals surface area contributed by atoms with Crippen molar-refractivity contribution in [2.45, 2.75) is 33.6 Å². The fourth-order valence-electron chi connectivity index (χ4n) is 1.96. The van der Waals surface area contributed by atoms with E-state index in [-0.39, 0.29) is 11.8 Å². The third-order valence-electron chi connectivity index (χ3n) is 3.56. The van der Waals surface area contributed by atoms with Crippen molar-refractivity contribution in [2.75, 3.05) is 19.6 Å². The van der Waals surface area contributed by atoms with Gasteiger partial charge in [-0.05, 0) is 37.8 Å². The molecule has 0 aromatic rings. The van der Waals surface area contributed by atoms with Gasteiger partial charge in [0.05, 0.1) is 0 Å². The van der Waals surface area contributed by atoms with E-state index in [1.165, 1.54) is 6.42 Å². The quantitative estimate of drug-likeness (QED) is 0.739. The zero-order chi connectivity index (χ0) is 11.3. The van der Waals surface area contributed by atoms with Gasteiger partial charge in [-0.25, -0.2) is 0 Å². The molecule has 88 valence electrons. The molecule has 1 saturated heterocycles. The maximum atomic E-state index is 11.6. The molecule has 1 rings (SSSR count). The number of nitrogens with one attached hydrogen (secondary N) is 2. The number of amides is 1. The van der Waals surface area contributed by atoms with E-state index in [9.17, 15) is 4.79 Å². The largest absolute Gasteiger partial charge is 0.356 e. The van der Waals surface area contributed by atoms with E-state index in [0.717, 1.165) is 26.1 Å². The Morgan fingerprint density at radius 2 is 2.33 bits per heavy atom. The Hall–Kier alpha value is -0.570. The second-order valence-electron chi connectivity index (χ2n) is 4.78. The van der Waals surface area contributed by atoms with Crippen molar-refractivity contribution in [3.8, 4) is 0 Å². The van der Waals surface area contributed by atoms with Gasteiger partial charge in [-0.2, -0.15) is 0 Å². The van der Waals surface area contributed by atoms with Gasteiger partial charge < -0.3 is 10.6 Å². The van der Waals surface area contributed by atoms with Crippen LogP contribution in [0.3, 0.4) is 0 Å². The van der Waals surface area contributed by atoms with Crippen molar-refractivity contribution in [3.63, 3.8) is 0 Å². The molecule has 0 aromatic carbocycles. The average molecular weight is 212 g/mol. The van der Waals surface area contributed by atoms with Gasteiger partial charge in [-0.3, -0.25) is 4.79 Å². The van der Waals surface area contributed by atoms with Crippen molar-refractivity contribution in [3.05, 3.63) is 0 Å². The summed E-state index contributed by atoms with van der Waals surface area (Å²) in [6.07, 6.45) is 2.11. The van der Waals surface area contributed by atoms with Gasteiger partial charge in [-0.1, -0.05) is 20.8 Å². The summed E-state index contributed by atoms with van der Waals surface area (Å²) in [6.45, 7) is 9.33. The SMILES string of the molecule is CCC(C)C(=O)NCC1CCNCC1C. The molecule has 1 aliphatic heterocycles. The van der Waals surface area contributed by atoms with Crippen LogP contribution in [0.25, 0.3) is 0 Å². The normalized spacial score (nSPS) is 28.5. The lowest BCUT2D eigenvalue weighted by Gasteiger charge is -2.29. The first-order chi connectivity index (χ1) is 7.15. The summed E-state index contributed by atoms with van der Waals surface area (Å²) in [7, 11) is 0. The van der Waals surface area contributed by atoms with Gasteiger partial charge >= 0.3 is 0 Å². The summed E-state index contributed by atoms with van der Waals surface area (Å²) in [5, 5.41) is 6.44. The zero-order valence-electron chi connectivity index (χ0n) is 10.2. The Morgan fingerprint density at radius 1 is 1.60 bits per heavy atom. The van der Waals surface area contributed by atoms with Crippen LogP contribution in [0.5, 0.6) is 0 Å². The van der Waals surface area contributed by atoms with Crippen LogP contribution in [0, 0.1) is 17.8 Å². The Balaban J connectivity index is 2.26. The zero-order valence-corrected chi connectivity index (χ0v) is 10.2. The highest BCUT2D eigenvalue weighted by atomic mass is 16.1.